The van der Waals surface area contributed by atoms with Crippen molar-refractivity contribution in [3.8, 4) is 11.5 Å². The van der Waals surface area contributed by atoms with E-state index in [4.69, 9.17) is 9.47 Å². The molecule has 0 bridgehead atoms. The van der Waals surface area contributed by atoms with Crippen molar-refractivity contribution in [2.45, 2.75) is 12.5 Å². The molecule has 1 unspecified atom stereocenters. The molecule has 1 aromatic carbocycles. The molecule has 0 amide bonds. The van der Waals surface area contributed by atoms with Gasteiger partial charge in [0.15, 0.2) is 0 Å². The van der Waals surface area contributed by atoms with Crippen LogP contribution in [0.4, 0.5) is 17.2 Å². The second-order valence-corrected chi connectivity index (χ2v) is 6.20. The maximum atomic E-state index is 10.8. The van der Waals surface area contributed by atoms with E-state index >= 15 is 0 Å². The second-order valence-electron chi connectivity index (χ2n) is 6.20. The van der Waals surface area contributed by atoms with Gasteiger partial charge in [0.1, 0.15) is 23.5 Å². The van der Waals surface area contributed by atoms with E-state index in [1.54, 1.807) is 20.3 Å². The standard InChI is InChI=1S/C18H22N4O4/c1-20(18-5-4-13(11-19-18)22(23)24)14-6-7-21(12-14)15-8-16(25-2)10-17(9-15)26-3/h4-5,8-11,14H,6-7,12H2,1-3H3. The van der Waals surface area contributed by atoms with Gasteiger partial charge >= 0.3 is 0 Å². The van der Waals surface area contributed by atoms with Gasteiger partial charge in [0, 0.05) is 56.1 Å². The normalized spacial score (nSPS) is 16.4. The summed E-state index contributed by atoms with van der Waals surface area (Å²) in [7, 11) is 5.24. The van der Waals surface area contributed by atoms with Crippen molar-refractivity contribution in [1.29, 1.82) is 0 Å². The van der Waals surface area contributed by atoms with Gasteiger partial charge in [0.05, 0.1) is 19.1 Å². The zero-order chi connectivity index (χ0) is 18.7. The van der Waals surface area contributed by atoms with Crippen LogP contribution in [0.3, 0.4) is 0 Å². The van der Waals surface area contributed by atoms with Crippen LogP contribution in [0.1, 0.15) is 6.42 Å². The van der Waals surface area contributed by atoms with Gasteiger partial charge < -0.3 is 19.3 Å². The Bertz CT molecular complexity index is 759. The number of ether oxygens (including phenoxy) is 2. The number of pyridine rings is 1. The number of nitro groups is 1. The van der Waals surface area contributed by atoms with Gasteiger partial charge in [-0.05, 0) is 12.5 Å². The quantitative estimate of drug-likeness (QED) is 0.580. The zero-order valence-electron chi connectivity index (χ0n) is 15.1. The highest BCUT2D eigenvalue weighted by Gasteiger charge is 2.27. The third-order valence-corrected chi connectivity index (χ3v) is 4.72. The third-order valence-electron chi connectivity index (χ3n) is 4.72. The number of nitrogens with zero attached hydrogens (tertiary/aromatic N) is 4. The number of methoxy groups -OCH3 is 2. The molecule has 1 fully saturated rings. The number of aromatic nitrogens is 1. The highest BCUT2D eigenvalue weighted by molar-refractivity contribution is 5.57. The first-order chi connectivity index (χ1) is 12.5. The van der Waals surface area contributed by atoms with Crippen LogP contribution < -0.4 is 19.3 Å². The molecule has 0 radical (unpaired) electrons. The largest absolute Gasteiger partial charge is 0.497 e. The molecule has 0 saturated carbocycles. The van der Waals surface area contributed by atoms with Gasteiger partial charge in [-0.2, -0.15) is 0 Å². The maximum absolute atomic E-state index is 10.8. The molecule has 1 aliphatic rings. The highest BCUT2D eigenvalue weighted by atomic mass is 16.6. The number of benzene rings is 1. The predicted molar refractivity (Wildman–Crippen MR) is 99.5 cm³/mol. The number of likely N-dealkylation sites (N-methyl/N-ethyl adjacent to an activating group) is 1. The van der Waals surface area contributed by atoms with Crippen LogP contribution in [0.25, 0.3) is 0 Å². The Balaban J connectivity index is 1.72. The number of anilines is 2. The Morgan fingerprint density at radius 2 is 1.92 bits per heavy atom. The molecule has 0 N–H and O–H groups in total. The van der Waals surface area contributed by atoms with E-state index in [1.807, 2.05) is 25.2 Å². The maximum Gasteiger partial charge on any atom is 0.287 e. The predicted octanol–water partition coefficient (Wildman–Crippen LogP) is 2.72. The summed E-state index contributed by atoms with van der Waals surface area (Å²) in [5.41, 5.74) is 1.05. The Hall–Kier alpha value is -3.03. The van der Waals surface area contributed by atoms with Crippen LogP contribution in [0.5, 0.6) is 11.5 Å². The van der Waals surface area contributed by atoms with Gasteiger partial charge in [0.2, 0.25) is 0 Å². The molecule has 1 aromatic heterocycles. The molecule has 26 heavy (non-hydrogen) atoms. The average Bonchev–Trinajstić information content (AvgIpc) is 3.17. The molecular formula is C18H22N4O4. The van der Waals surface area contributed by atoms with Crippen molar-refractivity contribution < 1.29 is 14.4 Å². The molecule has 8 nitrogen and oxygen atoms in total. The van der Waals surface area contributed by atoms with E-state index in [1.165, 1.54) is 12.3 Å². The Labute approximate surface area is 152 Å². The van der Waals surface area contributed by atoms with Crippen LogP contribution in [0.15, 0.2) is 36.5 Å². The first-order valence-corrected chi connectivity index (χ1v) is 8.33. The van der Waals surface area contributed by atoms with Crippen LogP contribution in [0, 0.1) is 10.1 Å². The summed E-state index contributed by atoms with van der Waals surface area (Å²) in [6.45, 7) is 1.73. The summed E-state index contributed by atoms with van der Waals surface area (Å²) in [6, 6.07) is 9.28. The minimum absolute atomic E-state index is 0.00123. The Morgan fingerprint density at radius 1 is 1.23 bits per heavy atom. The summed E-state index contributed by atoms with van der Waals surface area (Å²) >= 11 is 0. The molecule has 2 heterocycles. The van der Waals surface area contributed by atoms with E-state index < -0.39 is 4.92 Å². The van der Waals surface area contributed by atoms with Crippen LogP contribution in [-0.4, -0.2) is 50.3 Å². The lowest BCUT2D eigenvalue weighted by Gasteiger charge is -2.26. The fraction of sp³-hybridized carbons (Fsp3) is 0.389. The van der Waals surface area contributed by atoms with Gasteiger partial charge in [-0.15, -0.1) is 0 Å². The van der Waals surface area contributed by atoms with Crippen LogP contribution >= 0.6 is 0 Å². The molecule has 2 aromatic rings. The summed E-state index contributed by atoms with van der Waals surface area (Å²) < 4.78 is 10.7. The van der Waals surface area contributed by atoms with Crippen molar-refractivity contribution in [1.82, 2.24) is 4.98 Å². The summed E-state index contributed by atoms with van der Waals surface area (Å²) in [6.07, 6.45) is 2.26. The molecule has 1 aliphatic heterocycles. The van der Waals surface area contributed by atoms with Gasteiger partial charge in [0.25, 0.3) is 5.69 Å². The summed E-state index contributed by atoms with van der Waals surface area (Å²) in [5.74, 6) is 2.24. The average molecular weight is 358 g/mol. The molecule has 0 spiro atoms. The second kappa shape index (κ2) is 7.47. The van der Waals surface area contributed by atoms with E-state index in [2.05, 4.69) is 14.8 Å². The minimum atomic E-state index is -0.440. The minimum Gasteiger partial charge on any atom is -0.497 e. The topological polar surface area (TPSA) is 81.0 Å². The number of hydrogen-bond acceptors (Lipinski definition) is 7. The van der Waals surface area contributed by atoms with Crippen molar-refractivity contribution in [3.05, 3.63) is 46.6 Å². The Morgan fingerprint density at radius 3 is 2.46 bits per heavy atom. The third kappa shape index (κ3) is 3.63. The smallest absolute Gasteiger partial charge is 0.287 e. The van der Waals surface area contributed by atoms with Crippen molar-refractivity contribution in [3.63, 3.8) is 0 Å². The molecule has 1 atom stereocenters. The van der Waals surface area contributed by atoms with Gasteiger partial charge in [-0.1, -0.05) is 0 Å². The fourth-order valence-corrected chi connectivity index (χ4v) is 3.15. The van der Waals surface area contributed by atoms with Crippen molar-refractivity contribution >= 4 is 17.2 Å². The fourth-order valence-electron chi connectivity index (χ4n) is 3.15. The van der Waals surface area contributed by atoms with E-state index in [9.17, 15) is 10.1 Å². The van der Waals surface area contributed by atoms with E-state index in [0.29, 0.717) is 0 Å². The summed E-state index contributed by atoms with van der Waals surface area (Å²) in [5, 5.41) is 10.8. The zero-order valence-corrected chi connectivity index (χ0v) is 15.1. The van der Waals surface area contributed by atoms with Crippen molar-refractivity contribution in [2.24, 2.45) is 0 Å². The number of hydrogen-bond donors (Lipinski definition) is 0. The van der Waals surface area contributed by atoms with Crippen LogP contribution in [0.2, 0.25) is 0 Å². The highest BCUT2D eigenvalue weighted by Crippen LogP contribution is 2.31. The van der Waals surface area contributed by atoms with Gasteiger partial charge in [-0.25, -0.2) is 4.98 Å². The van der Waals surface area contributed by atoms with Crippen molar-refractivity contribution in [2.75, 3.05) is 44.2 Å². The monoisotopic (exact) mass is 358 g/mol. The molecule has 3 rings (SSSR count). The molecule has 0 aliphatic carbocycles. The first kappa shape index (κ1) is 17.8. The lowest BCUT2D eigenvalue weighted by Crippen LogP contribution is -2.35. The molecule has 1 saturated heterocycles. The van der Waals surface area contributed by atoms with Crippen LogP contribution in [-0.2, 0) is 0 Å². The molecule has 138 valence electrons. The van der Waals surface area contributed by atoms with Gasteiger partial charge in [-0.3, -0.25) is 10.1 Å². The Kier molecular flexibility index (Phi) is 5.11. The first-order valence-electron chi connectivity index (χ1n) is 8.33. The van der Waals surface area contributed by atoms with E-state index in [-0.39, 0.29) is 11.7 Å². The number of rotatable bonds is 6. The lowest BCUT2D eigenvalue weighted by atomic mass is 10.2. The SMILES string of the molecule is COc1cc(OC)cc(N2CCC(N(C)c3ccc([N+](=O)[O-])cn3)C2)c1. The lowest BCUT2D eigenvalue weighted by molar-refractivity contribution is -0.385. The molecular weight excluding hydrogens is 336 g/mol. The molecule has 8 heteroatoms. The van der Waals surface area contributed by atoms with E-state index in [0.717, 1.165) is 42.5 Å². The summed E-state index contributed by atoms with van der Waals surface area (Å²) in [4.78, 5) is 18.9.